The summed E-state index contributed by atoms with van der Waals surface area (Å²) in [5.41, 5.74) is 12.1. The minimum Gasteiger partial charge on any atom is -0.384 e. The molecule has 0 radical (unpaired) electrons. The maximum Gasteiger partial charge on any atom is 0.123 e. The summed E-state index contributed by atoms with van der Waals surface area (Å²) >= 11 is 0. The fourth-order valence-electron chi connectivity index (χ4n) is 2.75. The minimum absolute atomic E-state index is 0.0234. The molecule has 2 unspecified atom stereocenters. The van der Waals surface area contributed by atoms with Gasteiger partial charge < -0.3 is 10.5 Å². The minimum atomic E-state index is -0.0927. The molecule has 6 nitrogen and oxygen atoms in total. The number of nitrogens with zero attached hydrogens (tertiary/aromatic N) is 1. The van der Waals surface area contributed by atoms with Crippen LogP contribution < -0.4 is 17.0 Å². The van der Waals surface area contributed by atoms with Gasteiger partial charge >= 0.3 is 0 Å². The van der Waals surface area contributed by atoms with Crippen molar-refractivity contribution in [2.45, 2.75) is 25.0 Å². The second-order valence-electron chi connectivity index (χ2n) is 5.00. The van der Waals surface area contributed by atoms with Crippen LogP contribution in [-0.2, 0) is 11.2 Å². The van der Waals surface area contributed by atoms with Crippen LogP contribution in [0.1, 0.15) is 35.3 Å². The fraction of sp³-hybridized carbons (Fsp3) is 0.357. The number of aromatic amines is 1. The molecule has 0 amide bonds. The van der Waals surface area contributed by atoms with Crippen molar-refractivity contribution in [2.75, 3.05) is 12.3 Å². The standard InChI is InChI=1S/C14H19N5O/c15-14-11(8-17-19-14)12(18-16)7-13-10-4-2-1-3-9(10)5-6-20-13/h1-4,8,12-13,18H,5-7,16H2,(H3,15,17,19). The number of hydrogen-bond donors (Lipinski definition) is 4. The Morgan fingerprint density at radius 1 is 1.45 bits per heavy atom. The molecule has 1 aliphatic rings. The number of ether oxygens (including phenoxy) is 1. The lowest BCUT2D eigenvalue weighted by atomic mass is 9.92. The molecule has 0 aliphatic carbocycles. The van der Waals surface area contributed by atoms with E-state index < -0.39 is 0 Å². The van der Waals surface area contributed by atoms with Crippen molar-refractivity contribution < 1.29 is 4.74 Å². The van der Waals surface area contributed by atoms with Crippen LogP contribution in [0.5, 0.6) is 0 Å². The summed E-state index contributed by atoms with van der Waals surface area (Å²) in [6, 6.07) is 8.28. The van der Waals surface area contributed by atoms with Crippen molar-refractivity contribution in [1.29, 1.82) is 0 Å². The van der Waals surface area contributed by atoms with E-state index in [9.17, 15) is 0 Å². The molecule has 1 aromatic carbocycles. The van der Waals surface area contributed by atoms with Crippen LogP contribution in [0.15, 0.2) is 30.5 Å². The highest BCUT2D eigenvalue weighted by Crippen LogP contribution is 2.34. The molecule has 2 heterocycles. The summed E-state index contributed by atoms with van der Waals surface area (Å²) < 4.78 is 5.91. The van der Waals surface area contributed by atoms with E-state index in [0.29, 0.717) is 5.82 Å². The highest BCUT2D eigenvalue weighted by atomic mass is 16.5. The van der Waals surface area contributed by atoms with E-state index in [4.69, 9.17) is 16.3 Å². The van der Waals surface area contributed by atoms with E-state index >= 15 is 0 Å². The molecule has 1 aliphatic heterocycles. The molecule has 2 aromatic rings. The number of hydrazine groups is 1. The van der Waals surface area contributed by atoms with Crippen LogP contribution >= 0.6 is 0 Å². The van der Waals surface area contributed by atoms with Crippen molar-refractivity contribution in [1.82, 2.24) is 15.6 Å². The number of hydrogen-bond acceptors (Lipinski definition) is 5. The normalized spacial score (nSPS) is 19.6. The molecule has 20 heavy (non-hydrogen) atoms. The lowest BCUT2D eigenvalue weighted by Crippen LogP contribution is -2.31. The summed E-state index contributed by atoms with van der Waals surface area (Å²) in [7, 11) is 0. The average molecular weight is 273 g/mol. The SMILES string of the molecule is NNC(CC1OCCc2ccccc21)c1cn[nH]c1N. The van der Waals surface area contributed by atoms with E-state index in [2.05, 4.69) is 33.8 Å². The van der Waals surface area contributed by atoms with Gasteiger partial charge in [-0.3, -0.25) is 16.4 Å². The average Bonchev–Trinajstić information content (AvgIpc) is 2.91. The van der Waals surface area contributed by atoms with Gasteiger partial charge in [0.25, 0.3) is 0 Å². The number of fused-ring (bicyclic) bond motifs is 1. The summed E-state index contributed by atoms with van der Waals surface area (Å²) in [4.78, 5) is 0. The number of aromatic nitrogens is 2. The lowest BCUT2D eigenvalue weighted by Gasteiger charge is -2.29. The molecule has 0 fully saturated rings. The van der Waals surface area contributed by atoms with Crippen molar-refractivity contribution >= 4 is 5.82 Å². The van der Waals surface area contributed by atoms with Gasteiger partial charge in [0.1, 0.15) is 5.82 Å². The van der Waals surface area contributed by atoms with Crippen molar-refractivity contribution in [3.8, 4) is 0 Å². The van der Waals surface area contributed by atoms with E-state index in [-0.39, 0.29) is 12.1 Å². The molecular weight excluding hydrogens is 254 g/mol. The lowest BCUT2D eigenvalue weighted by molar-refractivity contribution is 0.0293. The van der Waals surface area contributed by atoms with E-state index in [1.807, 2.05) is 6.07 Å². The molecule has 0 spiro atoms. The summed E-state index contributed by atoms with van der Waals surface area (Å²) in [6.45, 7) is 0.736. The Bertz CT molecular complexity index is 582. The first-order valence-corrected chi connectivity index (χ1v) is 6.74. The quantitative estimate of drug-likeness (QED) is 0.495. The Morgan fingerprint density at radius 3 is 3.05 bits per heavy atom. The van der Waals surface area contributed by atoms with Gasteiger partial charge in [-0.15, -0.1) is 0 Å². The highest BCUT2D eigenvalue weighted by Gasteiger charge is 2.25. The van der Waals surface area contributed by atoms with Crippen LogP contribution in [0.3, 0.4) is 0 Å². The maximum atomic E-state index is 5.91. The van der Waals surface area contributed by atoms with Gasteiger partial charge in [0.15, 0.2) is 0 Å². The Morgan fingerprint density at radius 2 is 2.30 bits per heavy atom. The first-order valence-electron chi connectivity index (χ1n) is 6.74. The molecule has 0 bridgehead atoms. The Hall–Kier alpha value is -1.89. The van der Waals surface area contributed by atoms with Crippen LogP contribution in [-0.4, -0.2) is 16.8 Å². The predicted molar refractivity (Wildman–Crippen MR) is 76.5 cm³/mol. The largest absolute Gasteiger partial charge is 0.384 e. The zero-order valence-corrected chi connectivity index (χ0v) is 11.2. The molecule has 6 heteroatoms. The second kappa shape index (κ2) is 5.62. The summed E-state index contributed by atoms with van der Waals surface area (Å²) in [5, 5.41) is 6.67. The number of rotatable bonds is 4. The summed E-state index contributed by atoms with van der Waals surface area (Å²) in [5.74, 6) is 6.21. The molecule has 0 saturated heterocycles. The third-order valence-electron chi connectivity index (χ3n) is 3.82. The van der Waals surface area contributed by atoms with Crippen LogP contribution in [0.4, 0.5) is 5.82 Å². The van der Waals surface area contributed by atoms with E-state index in [1.165, 1.54) is 11.1 Å². The van der Waals surface area contributed by atoms with E-state index in [1.54, 1.807) is 6.20 Å². The Labute approximate surface area is 117 Å². The van der Waals surface area contributed by atoms with Gasteiger partial charge in [-0.05, 0) is 24.0 Å². The second-order valence-corrected chi connectivity index (χ2v) is 5.00. The van der Waals surface area contributed by atoms with Crippen LogP contribution in [0.25, 0.3) is 0 Å². The molecule has 3 rings (SSSR count). The number of nitrogens with one attached hydrogen (secondary N) is 2. The molecule has 0 saturated carbocycles. The number of anilines is 1. The topological polar surface area (TPSA) is 102 Å². The fourth-order valence-corrected chi connectivity index (χ4v) is 2.75. The zero-order valence-electron chi connectivity index (χ0n) is 11.2. The third-order valence-corrected chi connectivity index (χ3v) is 3.82. The monoisotopic (exact) mass is 273 g/mol. The molecule has 2 atom stereocenters. The van der Waals surface area contributed by atoms with Gasteiger partial charge in [0.2, 0.25) is 0 Å². The first kappa shape index (κ1) is 13.1. The maximum absolute atomic E-state index is 5.91. The highest BCUT2D eigenvalue weighted by molar-refractivity contribution is 5.40. The Kier molecular flexibility index (Phi) is 3.68. The predicted octanol–water partition coefficient (Wildman–Crippen LogP) is 1.20. The first-order chi connectivity index (χ1) is 9.79. The van der Waals surface area contributed by atoms with Gasteiger partial charge in [0, 0.05) is 5.56 Å². The Balaban J connectivity index is 1.82. The molecule has 1 aromatic heterocycles. The van der Waals surface area contributed by atoms with Crippen molar-refractivity contribution in [3.63, 3.8) is 0 Å². The third kappa shape index (κ3) is 2.40. The molecule has 6 N–H and O–H groups in total. The van der Waals surface area contributed by atoms with Crippen molar-refractivity contribution in [2.24, 2.45) is 5.84 Å². The van der Waals surface area contributed by atoms with Crippen LogP contribution in [0.2, 0.25) is 0 Å². The van der Waals surface area contributed by atoms with Gasteiger partial charge in [-0.2, -0.15) is 5.10 Å². The van der Waals surface area contributed by atoms with Crippen LogP contribution in [0, 0.1) is 0 Å². The molecule has 106 valence electrons. The zero-order chi connectivity index (χ0) is 13.9. The smallest absolute Gasteiger partial charge is 0.123 e. The molecular formula is C14H19N5O. The number of nitrogen functional groups attached to an aromatic ring is 1. The number of benzene rings is 1. The number of H-pyrrole nitrogens is 1. The van der Waals surface area contributed by atoms with Gasteiger partial charge in [-0.25, -0.2) is 0 Å². The summed E-state index contributed by atoms with van der Waals surface area (Å²) in [6.07, 6.45) is 3.41. The van der Waals surface area contributed by atoms with Crippen molar-refractivity contribution in [3.05, 3.63) is 47.2 Å². The van der Waals surface area contributed by atoms with Gasteiger partial charge in [-0.1, -0.05) is 24.3 Å². The van der Waals surface area contributed by atoms with Gasteiger partial charge in [0.05, 0.1) is 24.9 Å². The van der Waals surface area contributed by atoms with E-state index in [0.717, 1.165) is 25.0 Å². The number of nitrogens with two attached hydrogens (primary N) is 2.